The highest BCUT2D eigenvalue weighted by Gasteiger charge is 2.27. The number of guanidine groups is 1. The first kappa shape index (κ1) is 19.7. The van der Waals surface area contributed by atoms with Gasteiger partial charge >= 0.3 is 0 Å². The molecule has 2 rings (SSSR count). The van der Waals surface area contributed by atoms with E-state index in [9.17, 15) is 4.79 Å². The van der Waals surface area contributed by atoms with Crippen LogP contribution in [0.5, 0.6) is 0 Å². The van der Waals surface area contributed by atoms with Crippen molar-refractivity contribution >= 4 is 41.5 Å². The van der Waals surface area contributed by atoms with E-state index in [4.69, 9.17) is 4.74 Å². The van der Waals surface area contributed by atoms with Crippen molar-refractivity contribution in [3.63, 3.8) is 0 Å². The third-order valence-electron chi connectivity index (χ3n) is 3.54. The van der Waals surface area contributed by atoms with Crippen LogP contribution in [0.2, 0.25) is 0 Å². The van der Waals surface area contributed by atoms with Crippen LogP contribution in [0.4, 0.5) is 5.69 Å². The zero-order chi connectivity index (χ0) is 15.9. The van der Waals surface area contributed by atoms with Crippen LogP contribution in [0, 0.1) is 0 Å². The molecule has 130 valence electrons. The van der Waals surface area contributed by atoms with Gasteiger partial charge in [-0.3, -0.25) is 14.5 Å². The quantitative estimate of drug-likeness (QED) is 0.311. The zero-order valence-electron chi connectivity index (χ0n) is 13.9. The van der Waals surface area contributed by atoms with Gasteiger partial charge in [0.15, 0.2) is 5.96 Å². The first-order valence-electron chi connectivity index (χ1n) is 7.39. The number of hydrogen-bond donors (Lipinski definition) is 1. The van der Waals surface area contributed by atoms with Crippen molar-refractivity contribution in [1.82, 2.24) is 20.0 Å². The van der Waals surface area contributed by atoms with Gasteiger partial charge in [0.2, 0.25) is 5.91 Å². The predicted molar refractivity (Wildman–Crippen MR) is 100 cm³/mol. The number of halogens is 1. The molecule has 1 aliphatic rings. The molecule has 0 radical (unpaired) electrons. The van der Waals surface area contributed by atoms with Crippen LogP contribution in [0.15, 0.2) is 17.4 Å². The number of amides is 1. The van der Waals surface area contributed by atoms with Gasteiger partial charge in [-0.25, -0.2) is 0 Å². The number of nitrogens with one attached hydrogen (secondary N) is 1. The summed E-state index contributed by atoms with van der Waals surface area (Å²) in [5.41, 5.74) is 0.843. The van der Waals surface area contributed by atoms with Crippen molar-refractivity contribution in [3.05, 3.63) is 12.4 Å². The highest BCUT2D eigenvalue weighted by Crippen LogP contribution is 2.15. The van der Waals surface area contributed by atoms with Gasteiger partial charge in [-0.1, -0.05) is 0 Å². The van der Waals surface area contributed by atoms with Gasteiger partial charge < -0.3 is 19.9 Å². The van der Waals surface area contributed by atoms with Crippen LogP contribution >= 0.6 is 24.0 Å². The Morgan fingerprint density at radius 1 is 1.48 bits per heavy atom. The van der Waals surface area contributed by atoms with E-state index in [1.807, 2.05) is 18.1 Å². The lowest BCUT2D eigenvalue weighted by atomic mass is 10.3. The van der Waals surface area contributed by atoms with Crippen LogP contribution in [0.25, 0.3) is 0 Å². The zero-order valence-corrected chi connectivity index (χ0v) is 16.2. The number of rotatable bonds is 5. The molecule has 0 spiro atoms. The molecule has 9 heteroatoms. The Bertz CT molecular complexity index is 533. The third kappa shape index (κ3) is 5.34. The Morgan fingerprint density at radius 2 is 2.26 bits per heavy atom. The molecular formula is C14H25IN6O2. The molecule has 1 saturated heterocycles. The molecule has 23 heavy (non-hydrogen) atoms. The molecule has 0 aromatic carbocycles. The fourth-order valence-corrected chi connectivity index (χ4v) is 2.42. The maximum absolute atomic E-state index is 12.4. The van der Waals surface area contributed by atoms with Crippen LogP contribution in [0.1, 0.15) is 6.42 Å². The summed E-state index contributed by atoms with van der Waals surface area (Å²) in [7, 11) is 5.26. The van der Waals surface area contributed by atoms with Crippen molar-refractivity contribution in [2.24, 2.45) is 12.0 Å². The molecule has 8 nitrogen and oxygen atoms in total. The van der Waals surface area contributed by atoms with Crippen molar-refractivity contribution in [2.45, 2.75) is 6.42 Å². The maximum atomic E-state index is 12.4. The summed E-state index contributed by atoms with van der Waals surface area (Å²) in [6.07, 6.45) is 4.47. The Hall–Kier alpha value is -1.36. The number of carbonyl (C=O) groups excluding carboxylic acids is 1. The summed E-state index contributed by atoms with van der Waals surface area (Å²) in [5.74, 6) is 0.814. The molecule has 1 amide bonds. The van der Waals surface area contributed by atoms with Gasteiger partial charge in [0.1, 0.15) is 6.54 Å². The molecule has 2 heterocycles. The summed E-state index contributed by atoms with van der Waals surface area (Å²) in [6.45, 7) is 3.17. The molecule has 0 unspecified atom stereocenters. The number of methoxy groups -OCH3 is 1. The molecule has 0 atom stereocenters. The van der Waals surface area contributed by atoms with Crippen molar-refractivity contribution in [1.29, 1.82) is 0 Å². The van der Waals surface area contributed by atoms with Gasteiger partial charge in [-0.15, -0.1) is 24.0 Å². The molecule has 0 bridgehead atoms. The van der Waals surface area contributed by atoms with E-state index in [1.54, 1.807) is 29.9 Å². The largest absolute Gasteiger partial charge is 0.385 e. The van der Waals surface area contributed by atoms with E-state index in [1.165, 1.54) is 0 Å². The van der Waals surface area contributed by atoms with Gasteiger partial charge in [-0.05, 0) is 6.42 Å². The minimum absolute atomic E-state index is 0. The van der Waals surface area contributed by atoms with Crippen molar-refractivity contribution in [2.75, 3.05) is 51.8 Å². The molecule has 1 aromatic rings. The molecule has 1 aliphatic heterocycles. The van der Waals surface area contributed by atoms with Gasteiger partial charge in [0, 0.05) is 53.6 Å². The minimum atomic E-state index is 0. The van der Waals surface area contributed by atoms with Crippen LogP contribution in [-0.2, 0) is 16.6 Å². The lowest BCUT2D eigenvalue weighted by molar-refractivity contribution is -0.120. The average molecular weight is 436 g/mol. The summed E-state index contributed by atoms with van der Waals surface area (Å²) in [5, 5.41) is 7.38. The molecule has 0 aliphatic carbocycles. The normalized spacial score (nSPS) is 15.6. The van der Waals surface area contributed by atoms with Gasteiger partial charge in [-0.2, -0.15) is 5.10 Å². The number of nitrogens with zero attached hydrogens (tertiary/aromatic N) is 5. The number of anilines is 1. The number of hydrogen-bond acceptors (Lipinski definition) is 4. The molecule has 1 N–H and O–H groups in total. The Balaban J connectivity index is 0.00000264. The number of aryl methyl sites for hydroxylation is 1. The molecule has 0 saturated carbocycles. The minimum Gasteiger partial charge on any atom is -0.385 e. The second kappa shape index (κ2) is 9.71. The van der Waals surface area contributed by atoms with Crippen molar-refractivity contribution in [3.8, 4) is 0 Å². The maximum Gasteiger partial charge on any atom is 0.246 e. The summed E-state index contributed by atoms with van der Waals surface area (Å²) < 4.78 is 6.72. The molecule has 1 aromatic heterocycles. The van der Waals surface area contributed by atoms with E-state index >= 15 is 0 Å². The van der Waals surface area contributed by atoms with E-state index in [0.29, 0.717) is 19.7 Å². The first-order chi connectivity index (χ1) is 10.7. The number of piperazine rings is 1. The van der Waals surface area contributed by atoms with Crippen LogP contribution in [-0.4, -0.2) is 73.5 Å². The van der Waals surface area contributed by atoms with E-state index < -0.39 is 0 Å². The van der Waals surface area contributed by atoms with Crippen LogP contribution in [0.3, 0.4) is 0 Å². The number of aliphatic imine (C=N–C) groups is 1. The van der Waals surface area contributed by atoms with E-state index in [2.05, 4.69) is 15.4 Å². The van der Waals surface area contributed by atoms with Gasteiger partial charge in [0.25, 0.3) is 0 Å². The smallest absolute Gasteiger partial charge is 0.246 e. The lowest BCUT2D eigenvalue weighted by Gasteiger charge is -2.35. The first-order valence-corrected chi connectivity index (χ1v) is 7.39. The molecule has 1 fully saturated rings. The SMILES string of the molecule is CN=C(NCCCOC)N1CCN(c2cnn(C)c2)C(=O)C1.I. The highest BCUT2D eigenvalue weighted by molar-refractivity contribution is 14.0. The second-order valence-electron chi connectivity index (χ2n) is 5.16. The average Bonchev–Trinajstić information content (AvgIpc) is 2.93. The van der Waals surface area contributed by atoms with Crippen LogP contribution < -0.4 is 10.2 Å². The number of ether oxygens (including phenoxy) is 1. The Morgan fingerprint density at radius 3 is 2.83 bits per heavy atom. The lowest BCUT2D eigenvalue weighted by Crippen LogP contribution is -2.55. The summed E-state index contributed by atoms with van der Waals surface area (Å²) in [4.78, 5) is 20.3. The Labute approximate surface area is 153 Å². The standard InChI is InChI=1S/C14H24N6O2.HI/c1-15-14(16-5-4-8-22-3)19-6-7-20(13(21)11-19)12-9-17-18(2)10-12;/h9-10H,4-8,11H2,1-3H3,(H,15,16);1H. The fraction of sp³-hybridized carbons (Fsp3) is 0.643. The summed E-state index contributed by atoms with van der Waals surface area (Å²) in [6, 6.07) is 0. The topological polar surface area (TPSA) is 75.0 Å². The fourth-order valence-electron chi connectivity index (χ4n) is 2.42. The monoisotopic (exact) mass is 436 g/mol. The third-order valence-corrected chi connectivity index (χ3v) is 3.54. The predicted octanol–water partition coefficient (Wildman–Crippen LogP) is 0.299. The van der Waals surface area contributed by atoms with Gasteiger partial charge in [0.05, 0.1) is 11.9 Å². The molecular weight excluding hydrogens is 411 g/mol. The van der Waals surface area contributed by atoms with Crippen molar-refractivity contribution < 1.29 is 9.53 Å². The number of aromatic nitrogens is 2. The summed E-state index contributed by atoms with van der Waals surface area (Å²) >= 11 is 0. The number of carbonyl (C=O) groups is 1. The van der Waals surface area contributed by atoms with E-state index in [-0.39, 0.29) is 29.9 Å². The second-order valence-corrected chi connectivity index (χ2v) is 5.16. The Kier molecular flexibility index (Phi) is 8.31. The highest BCUT2D eigenvalue weighted by atomic mass is 127. The van der Waals surface area contributed by atoms with E-state index in [0.717, 1.165) is 31.2 Å².